The number of Topliss-reactive ketones (excluding diaryl/α,β-unsaturated/α-hetero) is 1. The quantitative estimate of drug-likeness (QED) is 0.337. The Balaban J connectivity index is -0.000000463. The van der Waals surface area contributed by atoms with Crippen molar-refractivity contribution in [1.29, 1.82) is 0 Å². The minimum Gasteiger partial charge on any atom is -0.385 e. The van der Waals surface area contributed by atoms with Gasteiger partial charge in [-0.05, 0) is 38.2 Å². The average molecular weight is 499 g/mol. The average Bonchev–Trinajstić information content (AvgIpc) is 3.30. The van der Waals surface area contributed by atoms with Crippen LogP contribution < -0.4 is 0 Å². The smallest absolute Gasteiger partial charge is 0.238 e. The van der Waals surface area contributed by atoms with Crippen molar-refractivity contribution in [3.63, 3.8) is 0 Å². The lowest BCUT2D eigenvalue weighted by atomic mass is 10.1. The fourth-order valence-electron chi connectivity index (χ4n) is 2.56. The summed E-state index contributed by atoms with van der Waals surface area (Å²) in [5.41, 5.74) is 1.81. The van der Waals surface area contributed by atoms with E-state index in [4.69, 9.17) is 4.74 Å². The molecule has 2 rings (SSSR count). The molecule has 0 amide bonds. The molecule has 1 heterocycles. The van der Waals surface area contributed by atoms with Gasteiger partial charge in [-0.3, -0.25) is 4.79 Å². The van der Waals surface area contributed by atoms with Crippen molar-refractivity contribution < 1.29 is 18.3 Å². The van der Waals surface area contributed by atoms with Crippen LogP contribution in [0.15, 0.2) is 52.7 Å². The molecule has 1 aliphatic rings. The molecule has 0 bridgehead atoms. The molecule has 35 heavy (non-hydrogen) atoms. The summed E-state index contributed by atoms with van der Waals surface area (Å²) in [6.07, 6.45) is 3.51. The van der Waals surface area contributed by atoms with Crippen molar-refractivity contribution in [3.8, 4) is 0 Å². The summed E-state index contributed by atoms with van der Waals surface area (Å²) in [5.74, 6) is 1.26. The van der Waals surface area contributed by atoms with Gasteiger partial charge in [-0.2, -0.15) is 0 Å². The summed E-state index contributed by atoms with van der Waals surface area (Å²) < 4.78 is 26.2. The highest BCUT2D eigenvalue weighted by atomic mass is 19.3. The number of carbonyl (C=O) groups is 1. The Hall–Kier alpha value is -2.08. The lowest BCUT2D eigenvalue weighted by Gasteiger charge is -2.13. The number of benzene rings is 1. The van der Waals surface area contributed by atoms with E-state index in [1.54, 1.807) is 7.11 Å². The molecule has 204 valence electrons. The van der Waals surface area contributed by atoms with E-state index >= 15 is 0 Å². The van der Waals surface area contributed by atoms with Gasteiger partial charge in [0.1, 0.15) is 11.5 Å². The van der Waals surface area contributed by atoms with Gasteiger partial charge in [0.2, 0.25) is 6.43 Å². The van der Waals surface area contributed by atoms with Crippen LogP contribution in [0.5, 0.6) is 0 Å². The molecule has 0 aliphatic carbocycles. The summed E-state index contributed by atoms with van der Waals surface area (Å²) >= 11 is 0. The Morgan fingerprint density at radius 3 is 1.77 bits per heavy atom. The van der Waals surface area contributed by atoms with Gasteiger partial charge < -0.3 is 9.64 Å². The predicted molar refractivity (Wildman–Crippen MR) is 148 cm³/mol. The number of rotatable bonds is 8. The molecule has 0 aromatic heterocycles. The van der Waals surface area contributed by atoms with E-state index in [2.05, 4.69) is 30.8 Å². The number of amidine groups is 1. The van der Waals surface area contributed by atoms with E-state index in [1.807, 2.05) is 64.1 Å². The van der Waals surface area contributed by atoms with Crippen LogP contribution in [0.2, 0.25) is 0 Å². The van der Waals surface area contributed by atoms with E-state index in [0.717, 1.165) is 56.7 Å². The molecule has 1 aromatic carbocycles. The summed E-state index contributed by atoms with van der Waals surface area (Å²) in [6.45, 7) is 15.6. The van der Waals surface area contributed by atoms with Gasteiger partial charge in [0.15, 0.2) is 5.78 Å². The number of nitrogens with zero attached hydrogens (tertiary/aromatic N) is 2. The zero-order chi connectivity index (χ0) is 27.5. The molecule has 0 unspecified atom stereocenters. The van der Waals surface area contributed by atoms with Gasteiger partial charge in [0.05, 0.1) is 0 Å². The zero-order valence-corrected chi connectivity index (χ0v) is 23.9. The number of methoxy groups -OCH3 is 1. The van der Waals surface area contributed by atoms with Gasteiger partial charge in [-0.1, -0.05) is 77.9 Å². The summed E-state index contributed by atoms with van der Waals surface area (Å²) in [4.78, 5) is 18.8. The number of alkyl halides is 2. The largest absolute Gasteiger partial charge is 0.385 e. The van der Waals surface area contributed by atoms with Crippen LogP contribution in [0, 0.1) is 0 Å². The highest BCUT2D eigenvalue weighted by molar-refractivity contribution is 5.99. The van der Waals surface area contributed by atoms with E-state index in [0.29, 0.717) is 12.1 Å². The van der Waals surface area contributed by atoms with Crippen molar-refractivity contribution >= 4 is 11.6 Å². The second kappa shape index (κ2) is 28.2. The number of allylic oxidation sites excluding steroid dienone is 2. The van der Waals surface area contributed by atoms with E-state index in [9.17, 15) is 13.6 Å². The molecule has 0 radical (unpaired) electrons. The topological polar surface area (TPSA) is 41.9 Å². The Morgan fingerprint density at radius 2 is 1.51 bits per heavy atom. The minimum atomic E-state index is -2.12. The summed E-state index contributed by atoms with van der Waals surface area (Å²) in [7, 11) is 3.76. The van der Waals surface area contributed by atoms with Crippen molar-refractivity contribution in [3.05, 3.63) is 47.7 Å². The van der Waals surface area contributed by atoms with E-state index in [-0.39, 0.29) is 12.2 Å². The van der Waals surface area contributed by atoms with Crippen LogP contribution in [-0.4, -0.2) is 50.3 Å². The summed E-state index contributed by atoms with van der Waals surface area (Å²) in [5, 5.41) is 0. The number of likely N-dealkylation sites (tertiary alicyclic amines) is 1. The molecule has 0 atom stereocenters. The summed E-state index contributed by atoms with van der Waals surface area (Å²) in [6, 6.07) is 12.0. The van der Waals surface area contributed by atoms with Crippen LogP contribution in [0.1, 0.15) is 93.4 Å². The number of carbonyl (C=O) groups excluding carboxylic acids is 1. The molecular weight excluding hydrogens is 446 g/mol. The van der Waals surface area contributed by atoms with E-state index < -0.39 is 6.43 Å². The third kappa shape index (κ3) is 23.4. The Bertz CT molecular complexity index is 619. The second-order valence-electron chi connectivity index (χ2n) is 7.66. The van der Waals surface area contributed by atoms with Crippen LogP contribution in [0.4, 0.5) is 8.78 Å². The standard InChI is InChI=1S/C14H24N2O.C6H6.C4H10O.C3H6F2.C2H6/c1-5-8-12(17)14(11(3)6-2)15-13-9-7-10-16(13)4;1-2-4-6-5-3-1;1-3-4-5-2;1-2-3(4)5;1-2/h5-10H2,1-4H3;1-6H;3-4H2,1-2H3;3H,2H2,1H3;1-2H3. The zero-order valence-electron chi connectivity index (χ0n) is 23.9. The van der Waals surface area contributed by atoms with Gasteiger partial charge in [-0.25, -0.2) is 13.8 Å². The van der Waals surface area contributed by atoms with Gasteiger partial charge in [-0.15, -0.1) is 0 Å². The van der Waals surface area contributed by atoms with Crippen molar-refractivity contribution in [1.82, 2.24) is 4.90 Å². The monoisotopic (exact) mass is 498 g/mol. The Morgan fingerprint density at radius 1 is 1.03 bits per heavy atom. The third-order valence-corrected chi connectivity index (χ3v) is 4.63. The van der Waals surface area contributed by atoms with Crippen LogP contribution in [0.25, 0.3) is 0 Å². The van der Waals surface area contributed by atoms with Crippen molar-refractivity contribution in [2.24, 2.45) is 4.99 Å². The molecule has 1 saturated heterocycles. The Kier molecular flexibility index (Phi) is 30.1. The minimum absolute atomic E-state index is 0.0278. The molecule has 1 fully saturated rings. The number of aliphatic imine (C=N–C) groups is 1. The van der Waals surface area contributed by atoms with Crippen LogP contribution in [-0.2, 0) is 9.53 Å². The fraction of sp³-hybridized carbons (Fsp3) is 0.655. The first kappa shape index (κ1) is 37.5. The number of halogens is 2. The van der Waals surface area contributed by atoms with Gasteiger partial charge >= 0.3 is 0 Å². The van der Waals surface area contributed by atoms with E-state index in [1.165, 1.54) is 6.92 Å². The molecule has 0 spiro atoms. The molecule has 6 heteroatoms. The lowest BCUT2D eigenvalue weighted by molar-refractivity contribution is -0.115. The van der Waals surface area contributed by atoms with Gasteiger partial charge in [0, 0.05) is 46.6 Å². The molecule has 4 nitrogen and oxygen atoms in total. The van der Waals surface area contributed by atoms with Crippen LogP contribution >= 0.6 is 0 Å². The maximum absolute atomic E-state index is 12.1. The second-order valence-corrected chi connectivity index (χ2v) is 7.66. The molecule has 0 N–H and O–H groups in total. The number of ether oxygens (including phenoxy) is 1. The highest BCUT2D eigenvalue weighted by Crippen LogP contribution is 2.18. The normalized spacial score (nSPS) is 13.7. The fourth-order valence-corrected chi connectivity index (χ4v) is 2.56. The molecule has 1 aliphatic heterocycles. The van der Waals surface area contributed by atoms with Crippen LogP contribution in [0.3, 0.4) is 0 Å². The van der Waals surface area contributed by atoms with Gasteiger partial charge in [0.25, 0.3) is 0 Å². The van der Waals surface area contributed by atoms with Crippen molar-refractivity contribution in [2.75, 3.05) is 27.3 Å². The first-order valence-corrected chi connectivity index (χ1v) is 13.1. The number of hydrogen-bond donors (Lipinski definition) is 0. The predicted octanol–water partition coefficient (Wildman–Crippen LogP) is 8.58. The Labute approximate surface area is 214 Å². The third-order valence-electron chi connectivity index (χ3n) is 4.63. The number of ketones is 1. The SMILES string of the molecule is CC.CCC(F)F.CCCC(=O)C(N=C1CCCN1C)=C(C)CC.CCCOC.c1ccccc1. The lowest BCUT2D eigenvalue weighted by Crippen LogP contribution is -2.20. The highest BCUT2D eigenvalue weighted by Gasteiger charge is 2.17. The van der Waals surface area contributed by atoms with Crippen molar-refractivity contribution in [2.45, 2.75) is 99.8 Å². The maximum atomic E-state index is 12.1. The first-order valence-electron chi connectivity index (χ1n) is 13.1. The number of hydrogen-bond acceptors (Lipinski definition) is 3. The molecule has 0 saturated carbocycles. The molecule has 1 aromatic rings. The first-order chi connectivity index (χ1) is 16.8. The maximum Gasteiger partial charge on any atom is 0.238 e. The molecular formula is C29H52F2N2O2.